The molecule has 2 aliphatic rings. The fourth-order valence-corrected chi connectivity index (χ4v) is 4.99. The van der Waals surface area contributed by atoms with Crippen LogP contribution in [0, 0.1) is 5.41 Å². The van der Waals surface area contributed by atoms with Crippen molar-refractivity contribution in [1.29, 1.82) is 0 Å². The van der Waals surface area contributed by atoms with Gasteiger partial charge in [-0.25, -0.2) is 4.98 Å². The van der Waals surface area contributed by atoms with Crippen LogP contribution in [-0.4, -0.2) is 51.4 Å². The lowest BCUT2D eigenvalue weighted by Gasteiger charge is -2.48. The molecule has 28 heavy (non-hydrogen) atoms. The SMILES string of the molecule is CCn1cncc1CN1CCCC2(CCC(=O)N(CCc3ccccc3)C2)C1. The summed E-state index contributed by atoms with van der Waals surface area (Å²) in [6.45, 7) is 8.10. The monoisotopic (exact) mass is 380 g/mol. The molecular formula is C23H32N4O. The summed E-state index contributed by atoms with van der Waals surface area (Å²) >= 11 is 0. The van der Waals surface area contributed by atoms with E-state index in [1.807, 2.05) is 18.6 Å². The molecule has 0 N–H and O–H groups in total. The summed E-state index contributed by atoms with van der Waals surface area (Å²) in [6.07, 6.45) is 9.09. The first-order valence-electron chi connectivity index (χ1n) is 10.7. The number of amides is 1. The van der Waals surface area contributed by atoms with E-state index in [9.17, 15) is 4.79 Å². The highest BCUT2D eigenvalue weighted by atomic mass is 16.2. The molecule has 5 nitrogen and oxygen atoms in total. The second-order valence-electron chi connectivity index (χ2n) is 8.54. The highest BCUT2D eigenvalue weighted by Crippen LogP contribution is 2.39. The number of benzene rings is 1. The summed E-state index contributed by atoms with van der Waals surface area (Å²) in [6, 6.07) is 10.5. The molecule has 1 spiro atoms. The van der Waals surface area contributed by atoms with Gasteiger partial charge >= 0.3 is 0 Å². The van der Waals surface area contributed by atoms with Gasteiger partial charge in [0.05, 0.1) is 12.0 Å². The smallest absolute Gasteiger partial charge is 0.222 e. The molecule has 0 radical (unpaired) electrons. The maximum atomic E-state index is 12.6. The van der Waals surface area contributed by atoms with Crippen molar-refractivity contribution in [2.45, 2.75) is 52.1 Å². The third-order valence-corrected chi connectivity index (χ3v) is 6.53. The zero-order valence-corrected chi connectivity index (χ0v) is 17.0. The van der Waals surface area contributed by atoms with E-state index in [4.69, 9.17) is 0 Å². The van der Waals surface area contributed by atoms with Gasteiger partial charge in [-0.1, -0.05) is 30.3 Å². The normalized spacial score (nSPS) is 23.5. The standard InChI is InChI=1S/C23H32N4O/c1-2-26-19-24-15-21(26)16-25-13-6-11-23(17-25)12-9-22(28)27(18-23)14-10-20-7-4-3-5-8-20/h3-5,7-8,15,19H,2,6,9-14,16-18H2,1H3. The van der Waals surface area contributed by atoms with Gasteiger partial charge in [0, 0.05) is 50.8 Å². The van der Waals surface area contributed by atoms with E-state index in [-0.39, 0.29) is 5.41 Å². The number of piperidine rings is 2. The number of aromatic nitrogens is 2. The molecule has 1 unspecified atom stereocenters. The largest absolute Gasteiger partial charge is 0.342 e. The minimum absolute atomic E-state index is 0.264. The van der Waals surface area contributed by atoms with Gasteiger partial charge in [0.2, 0.25) is 5.91 Å². The molecule has 2 aliphatic heterocycles. The van der Waals surface area contributed by atoms with E-state index in [2.05, 4.69) is 50.5 Å². The van der Waals surface area contributed by atoms with E-state index < -0.39 is 0 Å². The quantitative estimate of drug-likeness (QED) is 0.772. The Kier molecular flexibility index (Phi) is 5.81. The Morgan fingerprint density at radius 2 is 2.00 bits per heavy atom. The highest BCUT2D eigenvalue weighted by molar-refractivity contribution is 5.77. The van der Waals surface area contributed by atoms with Gasteiger partial charge in [-0.3, -0.25) is 9.69 Å². The van der Waals surface area contributed by atoms with E-state index in [0.29, 0.717) is 12.3 Å². The molecule has 2 aromatic rings. The molecule has 0 saturated carbocycles. The van der Waals surface area contributed by atoms with Crippen LogP contribution < -0.4 is 0 Å². The van der Waals surface area contributed by atoms with Crippen LogP contribution in [-0.2, 0) is 24.3 Å². The Morgan fingerprint density at radius 1 is 1.14 bits per heavy atom. The average molecular weight is 381 g/mol. The maximum absolute atomic E-state index is 12.6. The summed E-state index contributed by atoms with van der Waals surface area (Å²) in [7, 11) is 0. The number of hydrogen-bond donors (Lipinski definition) is 0. The molecule has 3 heterocycles. The average Bonchev–Trinajstić information content (AvgIpc) is 3.17. The van der Waals surface area contributed by atoms with Crippen LogP contribution in [0.15, 0.2) is 42.9 Å². The first-order chi connectivity index (χ1) is 13.7. The third-order valence-electron chi connectivity index (χ3n) is 6.53. The van der Waals surface area contributed by atoms with Crippen LogP contribution in [0.25, 0.3) is 0 Å². The van der Waals surface area contributed by atoms with E-state index in [1.165, 1.54) is 24.1 Å². The fraction of sp³-hybridized carbons (Fsp3) is 0.565. The second kappa shape index (κ2) is 8.48. The third kappa shape index (κ3) is 4.30. The van der Waals surface area contributed by atoms with Crippen molar-refractivity contribution in [3.8, 4) is 0 Å². The molecule has 5 heteroatoms. The molecule has 2 fully saturated rings. The van der Waals surface area contributed by atoms with Crippen LogP contribution in [0.3, 0.4) is 0 Å². The Labute approximate surface area is 168 Å². The summed E-state index contributed by atoms with van der Waals surface area (Å²) in [4.78, 5) is 21.6. The zero-order chi connectivity index (χ0) is 19.4. The number of imidazole rings is 1. The van der Waals surface area contributed by atoms with Gasteiger partial charge in [0.25, 0.3) is 0 Å². The first kappa shape index (κ1) is 19.2. The molecule has 1 atom stereocenters. The lowest BCUT2D eigenvalue weighted by Crippen LogP contribution is -2.54. The van der Waals surface area contributed by atoms with E-state index in [1.54, 1.807) is 0 Å². The Morgan fingerprint density at radius 3 is 2.82 bits per heavy atom. The lowest BCUT2D eigenvalue weighted by molar-refractivity contribution is -0.139. The maximum Gasteiger partial charge on any atom is 0.222 e. The van der Waals surface area contributed by atoms with Gasteiger partial charge < -0.3 is 9.47 Å². The van der Waals surface area contributed by atoms with Crippen LogP contribution in [0.4, 0.5) is 0 Å². The van der Waals surface area contributed by atoms with Crippen molar-refractivity contribution < 1.29 is 4.79 Å². The molecule has 150 valence electrons. The topological polar surface area (TPSA) is 41.4 Å². The van der Waals surface area contributed by atoms with Gasteiger partial charge in [0.1, 0.15) is 0 Å². The van der Waals surface area contributed by atoms with Gasteiger partial charge in [-0.05, 0) is 44.7 Å². The van der Waals surface area contributed by atoms with E-state index >= 15 is 0 Å². The first-order valence-corrected chi connectivity index (χ1v) is 10.7. The molecule has 0 bridgehead atoms. The van der Waals surface area contributed by atoms with Crippen LogP contribution in [0.1, 0.15) is 43.9 Å². The van der Waals surface area contributed by atoms with Crippen molar-refractivity contribution >= 4 is 5.91 Å². The minimum atomic E-state index is 0.264. The van der Waals surface area contributed by atoms with Gasteiger partial charge in [-0.2, -0.15) is 0 Å². The molecule has 0 aliphatic carbocycles. The predicted molar refractivity (Wildman–Crippen MR) is 111 cm³/mol. The second-order valence-corrected chi connectivity index (χ2v) is 8.54. The number of rotatable bonds is 6. The summed E-state index contributed by atoms with van der Waals surface area (Å²) in [5, 5.41) is 0. The summed E-state index contributed by atoms with van der Waals surface area (Å²) in [5.41, 5.74) is 2.88. The van der Waals surface area contributed by atoms with Crippen molar-refractivity contribution in [3.63, 3.8) is 0 Å². The highest BCUT2D eigenvalue weighted by Gasteiger charge is 2.41. The fourth-order valence-electron chi connectivity index (χ4n) is 4.99. The minimum Gasteiger partial charge on any atom is -0.342 e. The number of carbonyl (C=O) groups excluding carboxylic acids is 1. The van der Waals surface area contributed by atoms with Gasteiger partial charge in [0.15, 0.2) is 0 Å². The number of hydrogen-bond acceptors (Lipinski definition) is 3. The van der Waals surface area contributed by atoms with Gasteiger partial charge in [-0.15, -0.1) is 0 Å². The molecule has 1 aromatic carbocycles. The number of carbonyl (C=O) groups is 1. The Hall–Kier alpha value is -2.14. The van der Waals surface area contributed by atoms with Crippen molar-refractivity contribution in [1.82, 2.24) is 19.4 Å². The van der Waals surface area contributed by atoms with Crippen molar-refractivity contribution in [2.24, 2.45) is 5.41 Å². The zero-order valence-electron chi connectivity index (χ0n) is 17.0. The number of aryl methyl sites for hydroxylation is 1. The molecule has 2 saturated heterocycles. The van der Waals surface area contributed by atoms with Crippen LogP contribution in [0.2, 0.25) is 0 Å². The number of likely N-dealkylation sites (tertiary alicyclic amines) is 2. The van der Waals surface area contributed by atoms with Crippen molar-refractivity contribution in [2.75, 3.05) is 26.2 Å². The summed E-state index contributed by atoms with van der Waals surface area (Å²) in [5.74, 6) is 0.336. The van der Waals surface area contributed by atoms with Crippen molar-refractivity contribution in [3.05, 3.63) is 54.1 Å². The molecule has 1 aromatic heterocycles. The number of nitrogens with zero attached hydrogens (tertiary/aromatic N) is 4. The van der Waals surface area contributed by atoms with Crippen LogP contribution in [0.5, 0.6) is 0 Å². The van der Waals surface area contributed by atoms with Crippen LogP contribution >= 0.6 is 0 Å². The summed E-state index contributed by atoms with van der Waals surface area (Å²) < 4.78 is 2.23. The Balaban J connectivity index is 1.39. The van der Waals surface area contributed by atoms with E-state index in [0.717, 1.165) is 52.1 Å². The molecular weight excluding hydrogens is 348 g/mol. The Bertz CT molecular complexity index is 787. The molecule has 1 amide bonds. The lowest BCUT2D eigenvalue weighted by atomic mass is 9.73. The predicted octanol–water partition coefficient (Wildman–Crippen LogP) is 3.35. The molecule has 4 rings (SSSR count).